The van der Waals surface area contributed by atoms with Crippen molar-refractivity contribution in [3.63, 3.8) is 0 Å². The number of aromatic nitrogens is 1. The van der Waals surface area contributed by atoms with Gasteiger partial charge >= 0.3 is 0 Å². The maximum atomic E-state index is 4.94. The number of fused-ring (bicyclic) bond motifs is 1. The zero-order chi connectivity index (χ0) is 21.9. The lowest BCUT2D eigenvalue weighted by Gasteiger charge is -2.44. The quantitative estimate of drug-likeness (QED) is 0.419. The Labute approximate surface area is 190 Å². The van der Waals surface area contributed by atoms with Crippen LogP contribution in [0.1, 0.15) is 78.1 Å². The van der Waals surface area contributed by atoms with E-state index in [0.717, 1.165) is 12.1 Å². The highest BCUT2D eigenvalue weighted by molar-refractivity contribution is 5.73. The molecule has 3 aromatic rings. The summed E-state index contributed by atoms with van der Waals surface area (Å²) in [5.41, 5.74) is 10.9. The van der Waals surface area contributed by atoms with Crippen LogP contribution in [-0.2, 0) is 17.3 Å². The molecule has 0 N–H and O–H groups in total. The molecule has 0 bridgehead atoms. The molecule has 1 heterocycles. The van der Waals surface area contributed by atoms with E-state index in [1.807, 2.05) is 6.20 Å². The van der Waals surface area contributed by atoms with Crippen molar-refractivity contribution in [2.75, 3.05) is 0 Å². The van der Waals surface area contributed by atoms with Crippen LogP contribution in [0.2, 0.25) is 0 Å². The van der Waals surface area contributed by atoms with Crippen LogP contribution < -0.4 is 0 Å². The van der Waals surface area contributed by atoms with Crippen molar-refractivity contribution in [2.24, 2.45) is 5.41 Å². The van der Waals surface area contributed by atoms with E-state index >= 15 is 0 Å². The third-order valence-electron chi connectivity index (χ3n) is 8.57. The molecule has 0 amide bonds. The predicted molar refractivity (Wildman–Crippen MR) is 136 cm³/mol. The molecule has 2 aromatic carbocycles. The molecule has 1 aromatic heterocycles. The third kappa shape index (κ3) is 3.25. The van der Waals surface area contributed by atoms with Gasteiger partial charge in [-0.05, 0) is 69.5 Å². The van der Waals surface area contributed by atoms with E-state index in [4.69, 9.17) is 4.98 Å². The molecule has 1 heteroatoms. The van der Waals surface area contributed by atoms with E-state index in [-0.39, 0.29) is 23.7 Å². The average Bonchev–Trinajstić information content (AvgIpc) is 2.82. The van der Waals surface area contributed by atoms with Gasteiger partial charge in [0.1, 0.15) is 0 Å². The summed E-state index contributed by atoms with van der Waals surface area (Å²) in [7, 11) is 0. The van der Waals surface area contributed by atoms with Gasteiger partial charge in [-0.3, -0.25) is 4.98 Å². The molecule has 164 valence electrons. The van der Waals surface area contributed by atoms with Crippen molar-refractivity contribution >= 4 is 0 Å². The molecular formula is C30H39N. The molecule has 0 spiro atoms. The Morgan fingerprint density at radius 1 is 0.774 bits per heavy atom. The van der Waals surface area contributed by atoms with Gasteiger partial charge in [-0.15, -0.1) is 0 Å². The van der Waals surface area contributed by atoms with E-state index in [1.54, 1.807) is 0 Å². The molecule has 0 saturated heterocycles. The van der Waals surface area contributed by atoms with Crippen LogP contribution in [0.15, 0.2) is 54.7 Å². The van der Waals surface area contributed by atoms with Crippen molar-refractivity contribution in [3.05, 3.63) is 77.0 Å². The van der Waals surface area contributed by atoms with Gasteiger partial charge in [0, 0.05) is 17.3 Å². The van der Waals surface area contributed by atoms with E-state index in [0.29, 0.717) is 0 Å². The Hall–Kier alpha value is -2.41. The van der Waals surface area contributed by atoms with E-state index < -0.39 is 0 Å². The second-order valence-electron chi connectivity index (χ2n) is 10.5. The topological polar surface area (TPSA) is 12.9 Å². The number of hydrogen-bond acceptors (Lipinski definition) is 1. The monoisotopic (exact) mass is 413 g/mol. The van der Waals surface area contributed by atoms with Crippen molar-refractivity contribution in [1.29, 1.82) is 0 Å². The molecule has 0 unspecified atom stereocenters. The first-order valence-electron chi connectivity index (χ1n) is 11.2. The van der Waals surface area contributed by atoms with Crippen LogP contribution in [0, 0.1) is 12.3 Å². The lowest BCUT2D eigenvalue weighted by Crippen LogP contribution is -2.42. The molecule has 4 rings (SSSR count). The minimum atomic E-state index is 0. The van der Waals surface area contributed by atoms with Gasteiger partial charge in [0.2, 0.25) is 0 Å². The fraction of sp³-hybridized carbons (Fsp3) is 0.433. The summed E-state index contributed by atoms with van der Waals surface area (Å²) >= 11 is 0. The number of hydrogen-bond donors (Lipinski definition) is 0. The van der Waals surface area contributed by atoms with Gasteiger partial charge in [0.15, 0.2) is 0 Å². The van der Waals surface area contributed by atoms with Gasteiger partial charge in [0.05, 0.1) is 5.69 Å². The summed E-state index contributed by atoms with van der Waals surface area (Å²) in [5.74, 6) is 0. The van der Waals surface area contributed by atoms with Gasteiger partial charge in [0.25, 0.3) is 0 Å². The molecule has 0 atom stereocenters. The van der Waals surface area contributed by atoms with E-state index in [1.165, 1.54) is 38.9 Å². The summed E-state index contributed by atoms with van der Waals surface area (Å²) < 4.78 is 0. The largest absolute Gasteiger partial charge is 0.256 e. The Balaban J connectivity index is 0.00000272. The van der Waals surface area contributed by atoms with Crippen LogP contribution in [0.3, 0.4) is 0 Å². The summed E-state index contributed by atoms with van der Waals surface area (Å²) in [5, 5.41) is 0. The molecule has 0 aliphatic heterocycles. The van der Waals surface area contributed by atoms with Crippen molar-refractivity contribution < 1.29 is 0 Å². The number of rotatable bonds is 3. The van der Waals surface area contributed by atoms with Crippen LogP contribution in [0.25, 0.3) is 22.4 Å². The highest BCUT2D eigenvalue weighted by atomic mass is 14.7. The number of aryl methyl sites for hydroxylation is 2. The molecule has 0 fully saturated rings. The summed E-state index contributed by atoms with van der Waals surface area (Å²) in [6, 6.07) is 17.7. The highest BCUT2D eigenvalue weighted by Crippen LogP contribution is 2.62. The SMILES string of the molecule is C.CCc1cc2c(cc1-c1cc(C)c(-c3ccccc3)cn1)C(C)(C)C(C)(C)C2(C)C. The molecule has 1 nitrogen and oxygen atoms in total. The second kappa shape index (κ2) is 7.62. The van der Waals surface area contributed by atoms with E-state index in [9.17, 15) is 0 Å². The first-order valence-corrected chi connectivity index (χ1v) is 11.2. The zero-order valence-corrected chi connectivity index (χ0v) is 19.9. The highest BCUT2D eigenvalue weighted by Gasteiger charge is 2.56. The molecule has 0 saturated carbocycles. The fourth-order valence-corrected chi connectivity index (χ4v) is 5.29. The first kappa shape index (κ1) is 23.3. The predicted octanol–water partition coefficient (Wildman–Crippen LogP) is 8.52. The molecular weight excluding hydrogens is 374 g/mol. The lowest BCUT2D eigenvalue weighted by atomic mass is 9.59. The summed E-state index contributed by atoms with van der Waals surface area (Å²) in [4.78, 5) is 4.94. The summed E-state index contributed by atoms with van der Waals surface area (Å²) in [6.07, 6.45) is 3.06. The van der Waals surface area contributed by atoms with Crippen molar-refractivity contribution in [1.82, 2.24) is 4.98 Å². The van der Waals surface area contributed by atoms with Gasteiger partial charge < -0.3 is 0 Å². The minimum Gasteiger partial charge on any atom is -0.256 e. The third-order valence-corrected chi connectivity index (χ3v) is 8.57. The molecule has 31 heavy (non-hydrogen) atoms. The van der Waals surface area contributed by atoms with Gasteiger partial charge in [-0.25, -0.2) is 0 Å². The first-order chi connectivity index (χ1) is 14.0. The number of benzene rings is 2. The number of nitrogens with zero attached hydrogens (tertiary/aromatic N) is 1. The smallest absolute Gasteiger partial charge is 0.0707 e. The lowest BCUT2D eigenvalue weighted by molar-refractivity contribution is 0.125. The molecule has 0 radical (unpaired) electrons. The van der Waals surface area contributed by atoms with Gasteiger partial charge in [-0.2, -0.15) is 0 Å². The minimum absolute atomic E-state index is 0. The van der Waals surface area contributed by atoms with Crippen LogP contribution in [0.5, 0.6) is 0 Å². The molecule has 1 aliphatic rings. The zero-order valence-electron chi connectivity index (χ0n) is 19.9. The fourth-order valence-electron chi connectivity index (χ4n) is 5.29. The maximum absolute atomic E-state index is 4.94. The molecule has 1 aliphatic carbocycles. The number of pyridine rings is 1. The second-order valence-corrected chi connectivity index (χ2v) is 10.5. The standard InChI is InChI=1S/C29H35N.CH4/c1-9-20-16-24-25(28(5,6)29(7,8)27(24,3)4)17-22(20)26-15-19(2)23(18-30-26)21-13-11-10-12-14-21;/h10-18H,9H2,1-8H3;1H4. The van der Waals surface area contributed by atoms with Crippen molar-refractivity contribution in [2.45, 2.75) is 80.1 Å². The van der Waals surface area contributed by atoms with Crippen LogP contribution in [0.4, 0.5) is 0 Å². The van der Waals surface area contributed by atoms with Gasteiger partial charge in [-0.1, -0.05) is 92.3 Å². The Morgan fingerprint density at radius 2 is 1.35 bits per heavy atom. The average molecular weight is 414 g/mol. The van der Waals surface area contributed by atoms with Crippen LogP contribution >= 0.6 is 0 Å². The Bertz CT molecular complexity index is 1100. The summed E-state index contributed by atoms with van der Waals surface area (Å²) in [6.45, 7) is 19.0. The Kier molecular flexibility index (Phi) is 5.72. The Morgan fingerprint density at radius 3 is 1.90 bits per heavy atom. The van der Waals surface area contributed by atoms with Crippen LogP contribution in [-0.4, -0.2) is 4.98 Å². The van der Waals surface area contributed by atoms with Crippen molar-refractivity contribution in [3.8, 4) is 22.4 Å². The maximum Gasteiger partial charge on any atom is 0.0707 e. The van der Waals surface area contributed by atoms with E-state index in [2.05, 4.69) is 104 Å². The normalized spacial score (nSPS) is 17.7.